The van der Waals surface area contributed by atoms with Crippen LogP contribution in [0.4, 0.5) is 0 Å². The Morgan fingerprint density at radius 1 is 1.35 bits per heavy atom. The topological polar surface area (TPSA) is 96.9 Å². The molecule has 0 radical (unpaired) electrons. The summed E-state index contributed by atoms with van der Waals surface area (Å²) in [7, 11) is 0. The molecule has 2 rings (SSSR count). The summed E-state index contributed by atoms with van der Waals surface area (Å²) in [5.74, 6) is -0.382. The van der Waals surface area contributed by atoms with E-state index < -0.39 is 11.1 Å². The highest BCUT2D eigenvalue weighted by Gasteiger charge is 2.11. The Kier molecular flexibility index (Phi) is 4.09. The van der Waals surface area contributed by atoms with E-state index in [1.165, 1.54) is 0 Å². The number of aromatic amines is 1. The first-order valence-electron chi connectivity index (χ1n) is 6.07. The third-order valence-electron chi connectivity index (χ3n) is 2.70. The molecule has 1 amide bonds. The Balaban J connectivity index is 2.04. The summed E-state index contributed by atoms with van der Waals surface area (Å²) in [6.07, 6.45) is 1.64. The van der Waals surface area contributed by atoms with Crippen molar-refractivity contribution < 1.29 is 4.79 Å². The van der Waals surface area contributed by atoms with Gasteiger partial charge in [0.15, 0.2) is 0 Å². The van der Waals surface area contributed by atoms with Gasteiger partial charge in [0.2, 0.25) is 5.91 Å². The first-order chi connectivity index (χ1) is 9.56. The second-order valence-corrected chi connectivity index (χ2v) is 4.28. The van der Waals surface area contributed by atoms with Crippen molar-refractivity contribution in [2.24, 2.45) is 0 Å². The number of aromatic nitrogens is 3. The Morgan fingerprint density at radius 2 is 2.15 bits per heavy atom. The summed E-state index contributed by atoms with van der Waals surface area (Å²) in [5.41, 5.74) is -0.157. The highest BCUT2D eigenvalue weighted by Crippen LogP contribution is 2.07. The van der Waals surface area contributed by atoms with Crippen LogP contribution in [0.5, 0.6) is 0 Å². The second kappa shape index (κ2) is 5.96. The molecule has 7 heteroatoms. The monoisotopic (exact) mass is 274 g/mol. The summed E-state index contributed by atoms with van der Waals surface area (Å²) in [5, 5.41) is 5.00. The van der Waals surface area contributed by atoms with Crippen molar-refractivity contribution in [3.8, 4) is 0 Å². The van der Waals surface area contributed by atoms with Crippen molar-refractivity contribution in [3.05, 3.63) is 62.9 Å². The Morgan fingerprint density at radius 3 is 2.85 bits per heavy atom. The first-order valence-corrected chi connectivity index (χ1v) is 6.07. The number of pyridine rings is 1. The van der Waals surface area contributed by atoms with Gasteiger partial charge in [0.05, 0.1) is 11.7 Å². The van der Waals surface area contributed by atoms with Gasteiger partial charge in [-0.05, 0) is 19.1 Å². The molecule has 0 bridgehead atoms. The molecule has 2 N–H and O–H groups in total. The van der Waals surface area contributed by atoms with Gasteiger partial charge in [-0.2, -0.15) is 0 Å². The van der Waals surface area contributed by atoms with Crippen molar-refractivity contribution in [3.63, 3.8) is 0 Å². The maximum absolute atomic E-state index is 11.8. The molecule has 0 fully saturated rings. The summed E-state index contributed by atoms with van der Waals surface area (Å²) < 4.78 is 0.961. The van der Waals surface area contributed by atoms with Gasteiger partial charge in [-0.25, -0.2) is 4.68 Å². The van der Waals surface area contributed by atoms with Crippen LogP contribution in [0.1, 0.15) is 18.7 Å². The standard InChI is InChI=1S/C13H14N4O3/c1-9(10-4-2-3-7-14-10)15-12(19)8-17-13(20)6-5-11(18)16-17/h2-7,9H,8H2,1H3,(H,15,19)(H,16,18). The highest BCUT2D eigenvalue weighted by atomic mass is 16.2. The van der Waals surface area contributed by atoms with Crippen LogP contribution >= 0.6 is 0 Å². The molecule has 20 heavy (non-hydrogen) atoms. The lowest BCUT2D eigenvalue weighted by atomic mass is 10.2. The van der Waals surface area contributed by atoms with Crippen LogP contribution in [0.25, 0.3) is 0 Å². The molecular formula is C13H14N4O3. The van der Waals surface area contributed by atoms with Gasteiger partial charge in [0, 0.05) is 18.3 Å². The summed E-state index contributed by atoms with van der Waals surface area (Å²) in [6.45, 7) is 1.54. The lowest BCUT2D eigenvalue weighted by molar-refractivity contribution is -0.122. The van der Waals surface area contributed by atoms with Crippen molar-refractivity contribution >= 4 is 5.91 Å². The summed E-state index contributed by atoms with van der Waals surface area (Å²) in [6, 6.07) is 7.36. The molecule has 1 atom stereocenters. The van der Waals surface area contributed by atoms with Crippen LogP contribution in [0.15, 0.2) is 46.1 Å². The fourth-order valence-corrected chi connectivity index (χ4v) is 1.72. The number of nitrogens with zero attached hydrogens (tertiary/aromatic N) is 2. The zero-order chi connectivity index (χ0) is 14.5. The lowest BCUT2D eigenvalue weighted by Gasteiger charge is -2.13. The summed E-state index contributed by atoms with van der Waals surface area (Å²) in [4.78, 5) is 38.5. The number of carbonyl (C=O) groups excluding carboxylic acids is 1. The molecule has 104 valence electrons. The smallest absolute Gasteiger partial charge is 0.265 e. The van der Waals surface area contributed by atoms with E-state index in [2.05, 4.69) is 15.4 Å². The van der Waals surface area contributed by atoms with Crippen LogP contribution in [0, 0.1) is 0 Å². The largest absolute Gasteiger partial charge is 0.346 e. The quantitative estimate of drug-likeness (QED) is 0.807. The number of hydrogen-bond donors (Lipinski definition) is 2. The number of nitrogens with one attached hydrogen (secondary N) is 2. The van der Waals surface area contributed by atoms with E-state index in [4.69, 9.17) is 0 Å². The average Bonchev–Trinajstić information content (AvgIpc) is 2.43. The first kappa shape index (κ1) is 13.7. The molecule has 0 aliphatic rings. The number of rotatable bonds is 4. The number of H-pyrrole nitrogens is 1. The Hall–Kier alpha value is -2.70. The van der Waals surface area contributed by atoms with E-state index in [9.17, 15) is 14.4 Å². The van der Waals surface area contributed by atoms with Crippen LogP contribution in [0.2, 0.25) is 0 Å². The number of amides is 1. The normalized spacial score (nSPS) is 11.8. The zero-order valence-electron chi connectivity index (χ0n) is 10.9. The van der Waals surface area contributed by atoms with Gasteiger partial charge in [-0.1, -0.05) is 6.07 Å². The van der Waals surface area contributed by atoms with Gasteiger partial charge in [0.25, 0.3) is 11.1 Å². The molecule has 0 aliphatic heterocycles. The van der Waals surface area contributed by atoms with Crippen molar-refractivity contribution in [1.82, 2.24) is 20.1 Å². The van der Waals surface area contributed by atoms with Crippen LogP contribution < -0.4 is 16.4 Å². The number of carbonyl (C=O) groups is 1. The molecule has 1 unspecified atom stereocenters. The molecular weight excluding hydrogens is 260 g/mol. The maximum atomic E-state index is 11.8. The second-order valence-electron chi connectivity index (χ2n) is 4.28. The lowest BCUT2D eigenvalue weighted by Crippen LogP contribution is -2.36. The fourth-order valence-electron chi connectivity index (χ4n) is 1.72. The van der Waals surface area contributed by atoms with Gasteiger partial charge in [-0.15, -0.1) is 0 Å². The van der Waals surface area contributed by atoms with E-state index in [1.54, 1.807) is 25.3 Å². The minimum Gasteiger partial charge on any atom is -0.346 e. The van der Waals surface area contributed by atoms with E-state index in [0.29, 0.717) is 0 Å². The summed E-state index contributed by atoms with van der Waals surface area (Å²) >= 11 is 0. The zero-order valence-corrected chi connectivity index (χ0v) is 10.9. The average molecular weight is 274 g/mol. The van der Waals surface area contributed by atoms with E-state index in [0.717, 1.165) is 22.5 Å². The SMILES string of the molecule is CC(NC(=O)Cn1[nH]c(=O)ccc1=O)c1ccccn1. The molecule has 0 saturated heterocycles. The van der Waals surface area contributed by atoms with Crippen molar-refractivity contribution in [1.29, 1.82) is 0 Å². The minimum absolute atomic E-state index is 0.244. The minimum atomic E-state index is -0.440. The predicted molar refractivity (Wildman–Crippen MR) is 72.1 cm³/mol. The Bertz CT molecular complexity index is 705. The van der Waals surface area contributed by atoms with Gasteiger partial charge < -0.3 is 5.32 Å². The van der Waals surface area contributed by atoms with E-state index in [1.807, 2.05) is 6.07 Å². The van der Waals surface area contributed by atoms with Crippen molar-refractivity contribution in [2.45, 2.75) is 19.5 Å². The predicted octanol–water partition coefficient (Wildman–Crippen LogP) is -0.191. The maximum Gasteiger partial charge on any atom is 0.265 e. The molecule has 7 nitrogen and oxygen atoms in total. The third-order valence-corrected chi connectivity index (χ3v) is 2.70. The van der Waals surface area contributed by atoms with Crippen molar-refractivity contribution in [2.75, 3.05) is 0 Å². The molecule has 0 saturated carbocycles. The molecule has 0 aliphatic carbocycles. The van der Waals surface area contributed by atoms with Gasteiger partial charge in [-0.3, -0.25) is 24.5 Å². The van der Waals surface area contributed by atoms with E-state index in [-0.39, 0.29) is 18.5 Å². The fraction of sp³-hybridized carbons (Fsp3) is 0.231. The Labute approximate surface area is 114 Å². The third kappa shape index (κ3) is 3.41. The van der Waals surface area contributed by atoms with E-state index >= 15 is 0 Å². The molecule has 2 aromatic heterocycles. The molecule has 0 spiro atoms. The van der Waals surface area contributed by atoms with Crippen LogP contribution in [-0.2, 0) is 11.3 Å². The van der Waals surface area contributed by atoms with Gasteiger partial charge >= 0.3 is 0 Å². The molecule has 2 heterocycles. The molecule has 2 aromatic rings. The van der Waals surface area contributed by atoms with Gasteiger partial charge in [0.1, 0.15) is 6.54 Å². The van der Waals surface area contributed by atoms with Crippen LogP contribution in [0.3, 0.4) is 0 Å². The molecule has 0 aromatic carbocycles. The highest BCUT2D eigenvalue weighted by molar-refractivity contribution is 5.76. The van der Waals surface area contributed by atoms with Crippen LogP contribution in [-0.4, -0.2) is 20.7 Å². The number of hydrogen-bond acceptors (Lipinski definition) is 4.